The van der Waals surface area contributed by atoms with Gasteiger partial charge < -0.3 is 10.8 Å². The number of carbonyl (C=O) groups is 1. The molecule has 7 heteroatoms. The van der Waals surface area contributed by atoms with Crippen molar-refractivity contribution in [2.45, 2.75) is 11.8 Å². The summed E-state index contributed by atoms with van der Waals surface area (Å²) in [6, 6.07) is 0. The van der Waals surface area contributed by atoms with Crippen LogP contribution in [0.3, 0.4) is 0 Å². The molecule has 82 valence electrons. The molecule has 0 aromatic carbocycles. The number of nitrogens with zero attached hydrogens (tertiary/aromatic N) is 1. The molecule has 0 aliphatic rings. The van der Waals surface area contributed by atoms with Crippen molar-refractivity contribution in [3.05, 3.63) is 23.0 Å². The van der Waals surface area contributed by atoms with E-state index in [1.54, 1.807) is 0 Å². The fraction of sp³-hybridized carbons (Fsp3) is 0.250. The van der Waals surface area contributed by atoms with E-state index in [2.05, 4.69) is 20.9 Å². The zero-order valence-corrected chi connectivity index (χ0v) is 8.96. The SMILES string of the molecule is Nc1c(C(F)F)ncc(CBr)c1C(=O)O. The molecule has 0 atom stereocenters. The number of halogens is 3. The summed E-state index contributed by atoms with van der Waals surface area (Å²) < 4.78 is 24.7. The van der Waals surface area contributed by atoms with Crippen LogP contribution in [-0.2, 0) is 5.33 Å². The van der Waals surface area contributed by atoms with Gasteiger partial charge in [-0.2, -0.15) is 0 Å². The summed E-state index contributed by atoms with van der Waals surface area (Å²) in [4.78, 5) is 14.2. The topological polar surface area (TPSA) is 76.2 Å². The number of hydrogen-bond acceptors (Lipinski definition) is 3. The van der Waals surface area contributed by atoms with Crippen molar-refractivity contribution in [2.75, 3.05) is 5.73 Å². The van der Waals surface area contributed by atoms with Crippen LogP contribution in [0.15, 0.2) is 6.20 Å². The number of carboxylic acids is 1. The second-order valence-electron chi connectivity index (χ2n) is 2.70. The molecule has 0 saturated carbocycles. The Kier molecular flexibility index (Phi) is 3.57. The second-order valence-corrected chi connectivity index (χ2v) is 3.26. The minimum atomic E-state index is -2.88. The second kappa shape index (κ2) is 4.52. The summed E-state index contributed by atoms with van der Waals surface area (Å²) in [5.74, 6) is -1.34. The lowest BCUT2D eigenvalue weighted by atomic mass is 10.1. The smallest absolute Gasteiger partial charge is 0.338 e. The van der Waals surface area contributed by atoms with E-state index in [-0.39, 0.29) is 16.5 Å². The summed E-state index contributed by atoms with van der Waals surface area (Å²) in [7, 11) is 0. The fourth-order valence-electron chi connectivity index (χ4n) is 1.11. The minimum absolute atomic E-state index is 0.190. The van der Waals surface area contributed by atoms with Crippen LogP contribution in [0.4, 0.5) is 14.5 Å². The predicted molar refractivity (Wildman–Crippen MR) is 53.2 cm³/mol. The lowest BCUT2D eigenvalue weighted by Crippen LogP contribution is -2.11. The van der Waals surface area contributed by atoms with Crippen molar-refractivity contribution in [2.24, 2.45) is 0 Å². The highest BCUT2D eigenvalue weighted by Gasteiger charge is 2.22. The average Bonchev–Trinajstić information content (AvgIpc) is 2.15. The van der Waals surface area contributed by atoms with E-state index in [0.29, 0.717) is 0 Å². The number of pyridine rings is 1. The summed E-state index contributed by atoms with van der Waals surface area (Å²) >= 11 is 3.03. The molecule has 4 nitrogen and oxygen atoms in total. The molecule has 0 aliphatic carbocycles. The maximum absolute atomic E-state index is 12.4. The first-order valence-electron chi connectivity index (χ1n) is 3.83. The molecule has 3 N–H and O–H groups in total. The van der Waals surface area contributed by atoms with E-state index >= 15 is 0 Å². The maximum Gasteiger partial charge on any atom is 0.338 e. The molecule has 15 heavy (non-hydrogen) atoms. The predicted octanol–water partition coefficient (Wildman–Crippen LogP) is 2.19. The molecule has 0 radical (unpaired) electrons. The van der Waals surface area contributed by atoms with Crippen molar-refractivity contribution in [3.63, 3.8) is 0 Å². The van der Waals surface area contributed by atoms with Gasteiger partial charge in [0.15, 0.2) is 0 Å². The van der Waals surface area contributed by atoms with E-state index in [1.807, 2.05) is 0 Å². The van der Waals surface area contributed by atoms with E-state index < -0.39 is 23.8 Å². The number of carboxylic acid groups (broad SMARTS) is 1. The zero-order chi connectivity index (χ0) is 11.6. The first kappa shape index (κ1) is 11.8. The Morgan fingerprint density at radius 2 is 2.27 bits per heavy atom. The van der Waals surface area contributed by atoms with Gasteiger partial charge in [0.05, 0.1) is 11.3 Å². The van der Waals surface area contributed by atoms with Gasteiger partial charge in [-0.3, -0.25) is 4.98 Å². The van der Waals surface area contributed by atoms with Crippen LogP contribution >= 0.6 is 15.9 Å². The summed E-state index contributed by atoms with van der Waals surface area (Å²) in [6.07, 6.45) is -1.80. The average molecular weight is 281 g/mol. The molecular formula is C8H7BrF2N2O2. The monoisotopic (exact) mass is 280 g/mol. The Balaban J connectivity index is 3.42. The quantitative estimate of drug-likeness (QED) is 0.833. The molecule has 1 rings (SSSR count). The molecule has 0 aliphatic heterocycles. The van der Waals surface area contributed by atoms with Crippen molar-refractivity contribution in [1.29, 1.82) is 0 Å². The first-order valence-corrected chi connectivity index (χ1v) is 4.95. The van der Waals surface area contributed by atoms with Crippen LogP contribution in [0.5, 0.6) is 0 Å². The molecular weight excluding hydrogens is 274 g/mol. The normalized spacial score (nSPS) is 10.7. The highest BCUT2D eigenvalue weighted by molar-refractivity contribution is 9.08. The van der Waals surface area contributed by atoms with E-state index in [4.69, 9.17) is 10.8 Å². The first-order chi connectivity index (χ1) is 6.99. The number of rotatable bonds is 3. The van der Waals surface area contributed by atoms with Crippen LogP contribution in [-0.4, -0.2) is 16.1 Å². The lowest BCUT2D eigenvalue weighted by molar-refractivity contribution is 0.0696. The highest BCUT2D eigenvalue weighted by atomic mass is 79.9. The molecule has 0 unspecified atom stereocenters. The molecule has 0 amide bonds. The fourth-order valence-corrected chi connectivity index (χ4v) is 1.54. The Hall–Kier alpha value is -1.24. The highest BCUT2D eigenvalue weighted by Crippen LogP contribution is 2.28. The molecule has 1 heterocycles. The number of nitrogens with two attached hydrogens (primary N) is 1. The number of nitrogen functional groups attached to an aromatic ring is 1. The third kappa shape index (κ3) is 2.23. The van der Waals surface area contributed by atoms with Crippen LogP contribution < -0.4 is 5.73 Å². The van der Waals surface area contributed by atoms with Gasteiger partial charge in [-0.1, -0.05) is 15.9 Å². The molecule has 0 spiro atoms. The number of aromatic nitrogens is 1. The van der Waals surface area contributed by atoms with Gasteiger partial charge >= 0.3 is 5.97 Å². The van der Waals surface area contributed by atoms with Crippen molar-refractivity contribution >= 4 is 27.6 Å². The molecule has 0 fully saturated rings. The Morgan fingerprint density at radius 1 is 1.67 bits per heavy atom. The maximum atomic E-state index is 12.4. The molecule has 0 saturated heterocycles. The molecule has 1 aromatic rings. The minimum Gasteiger partial charge on any atom is -0.478 e. The van der Waals surface area contributed by atoms with Crippen LogP contribution in [0.1, 0.15) is 28.0 Å². The third-order valence-corrected chi connectivity index (χ3v) is 2.39. The number of aromatic carboxylic acids is 1. The van der Waals surface area contributed by atoms with Crippen LogP contribution in [0, 0.1) is 0 Å². The van der Waals surface area contributed by atoms with Crippen molar-refractivity contribution < 1.29 is 18.7 Å². The lowest BCUT2D eigenvalue weighted by Gasteiger charge is -2.09. The Labute approximate surface area is 92.2 Å². The number of alkyl halides is 3. The third-order valence-electron chi connectivity index (χ3n) is 1.79. The van der Waals surface area contributed by atoms with E-state index in [9.17, 15) is 13.6 Å². The summed E-state index contributed by atoms with van der Waals surface area (Å²) in [6.45, 7) is 0. The van der Waals surface area contributed by atoms with Gasteiger partial charge in [-0.05, 0) is 5.56 Å². The number of anilines is 1. The van der Waals surface area contributed by atoms with Gasteiger partial charge in [-0.15, -0.1) is 0 Å². The van der Waals surface area contributed by atoms with E-state index in [0.717, 1.165) is 6.20 Å². The van der Waals surface area contributed by atoms with Crippen LogP contribution in [0.25, 0.3) is 0 Å². The van der Waals surface area contributed by atoms with Gasteiger partial charge in [0.1, 0.15) is 5.69 Å². The summed E-state index contributed by atoms with van der Waals surface area (Å²) in [5, 5.41) is 9.00. The standard InChI is InChI=1S/C8H7BrF2N2O2/c9-1-3-2-13-6(7(10)11)5(12)4(3)8(14)15/h2,7H,1,12H2,(H,14,15). The Morgan fingerprint density at radius 3 is 2.67 bits per heavy atom. The zero-order valence-electron chi connectivity index (χ0n) is 7.38. The molecule has 1 aromatic heterocycles. The van der Waals surface area contributed by atoms with Gasteiger partial charge in [0.25, 0.3) is 6.43 Å². The number of hydrogen-bond donors (Lipinski definition) is 2. The molecule has 0 bridgehead atoms. The largest absolute Gasteiger partial charge is 0.478 e. The van der Waals surface area contributed by atoms with Crippen LogP contribution in [0.2, 0.25) is 0 Å². The van der Waals surface area contributed by atoms with Gasteiger partial charge in [0.2, 0.25) is 0 Å². The van der Waals surface area contributed by atoms with E-state index in [1.165, 1.54) is 0 Å². The van der Waals surface area contributed by atoms with Crippen molar-refractivity contribution in [1.82, 2.24) is 4.98 Å². The van der Waals surface area contributed by atoms with Gasteiger partial charge in [0, 0.05) is 11.5 Å². The van der Waals surface area contributed by atoms with Crippen molar-refractivity contribution in [3.8, 4) is 0 Å². The Bertz CT molecular complexity index is 398. The van der Waals surface area contributed by atoms with Gasteiger partial charge in [-0.25, -0.2) is 13.6 Å². The summed E-state index contributed by atoms with van der Waals surface area (Å²) in [5.41, 5.74) is 4.09.